The largest absolute Gasteiger partial charge is 0.366 e. The van der Waals surface area contributed by atoms with Crippen molar-refractivity contribution in [2.75, 3.05) is 0 Å². The van der Waals surface area contributed by atoms with Crippen LogP contribution in [0.2, 0.25) is 0 Å². The van der Waals surface area contributed by atoms with Crippen LogP contribution >= 0.6 is 0 Å². The van der Waals surface area contributed by atoms with Gasteiger partial charge < -0.3 is 5.32 Å². The fourth-order valence-electron chi connectivity index (χ4n) is 9.84. The lowest BCUT2D eigenvalue weighted by molar-refractivity contribution is 0.443. The number of hydrogen-bond acceptors (Lipinski definition) is 2. The quantitative estimate of drug-likeness (QED) is 0.136. The van der Waals surface area contributed by atoms with Gasteiger partial charge in [0.2, 0.25) is 0 Å². The Labute approximate surface area is 334 Å². The highest BCUT2D eigenvalue weighted by Gasteiger charge is 2.38. The minimum atomic E-state index is -0.120. The third-order valence-electron chi connectivity index (χ3n) is 12.5. The molecule has 2 N–H and O–H groups in total. The zero-order valence-electron chi connectivity index (χ0n) is 32.1. The topological polar surface area (TPSA) is 24.1 Å². The third kappa shape index (κ3) is 5.44. The lowest BCUT2D eigenvalue weighted by Crippen LogP contribution is -2.39. The molecule has 0 bridgehead atoms. The van der Waals surface area contributed by atoms with Gasteiger partial charge >= 0.3 is 0 Å². The molecular formula is C55H42N2. The van der Waals surface area contributed by atoms with Crippen LogP contribution in [0.5, 0.6) is 0 Å². The van der Waals surface area contributed by atoms with Crippen LogP contribution < -0.4 is 10.6 Å². The normalized spacial score (nSPS) is 16.9. The molecule has 1 aliphatic carbocycles. The monoisotopic (exact) mass is 730 g/mol. The Hall–Kier alpha value is -6.74. The second-order valence-corrected chi connectivity index (χ2v) is 16.1. The lowest BCUT2D eigenvalue weighted by Gasteiger charge is -2.34. The highest BCUT2D eigenvalue weighted by Crippen LogP contribution is 2.53. The average Bonchev–Trinajstić information content (AvgIpc) is 3.51. The van der Waals surface area contributed by atoms with E-state index in [-0.39, 0.29) is 17.6 Å². The van der Waals surface area contributed by atoms with Crippen molar-refractivity contribution >= 4 is 38.0 Å². The zero-order valence-corrected chi connectivity index (χ0v) is 32.1. The molecule has 1 aliphatic heterocycles. The van der Waals surface area contributed by atoms with Gasteiger partial charge in [0.1, 0.15) is 6.17 Å². The Morgan fingerprint density at radius 1 is 0.439 bits per heavy atom. The van der Waals surface area contributed by atoms with Gasteiger partial charge in [-0.2, -0.15) is 0 Å². The van der Waals surface area contributed by atoms with E-state index in [2.05, 4.69) is 219 Å². The van der Waals surface area contributed by atoms with Crippen LogP contribution in [0.25, 0.3) is 71.4 Å². The highest BCUT2D eigenvalue weighted by atomic mass is 15.2. The number of hydrogen-bond donors (Lipinski definition) is 2. The Balaban J connectivity index is 1.02. The molecule has 11 rings (SSSR count). The van der Waals surface area contributed by atoms with Crippen molar-refractivity contribution < 1.29 is 0 Å². The molecule has 9 aromatic carbocycles. The van der Waals surface area contributed by atoms with E-state index in [1.54, 1.807) is 0 Å². The molecule has 0 amide bonds. The molecule has 272 valence electrons. The predicted molar refractivity (Wildman–Crippen MR) is 240 cm³/mol. The summed E-state index contributed by atoms with van der Waals surface area (Å²) >= 11 is 0. The number of fused-ring (bicyclic) bond motifs is 7. The maximum Gasteiger partial charge on any atom is 0.104 e. The van der Waals surface area contributed by atoms with E-state index in [4.69, 9.17) is 0 Å². The van der Waals surface area contributed by atoms with Crippen molar-refractivity contribution in [2.24, 2.45) is 0 Å². The van der Waals surface area contributed by atoms with E-state index in [0.29, 0.717) is 0 Å². The van der Waals surface area contributed by atoms with Crippen molar-refractivity contribution in [1.82, 2.24) is 10.6 Å². The molecule has 57 heavy (non-hydrogen) atoms. The fraction of sp³-hybridized carbons (Fsp3) is 0.0909. The van der Waals surface area contributed by atoms with E-state index < -0.39 is 0 Å². The molecule has 0 saturated carbocycles. The summed E-state index contributed by atoms with van der Waals surface area (Å²) in [7, 11) is 0. The Bertz CT molecular complexity index is 3040. The average molecular weight is 731 g/mol. The van der Waals surface area contributed by atoms with Crippen LogP contribution in [-0.2, 0) is 5.41 Å². The summed E-state index contributed by atoms with van der Waals surface area (Å²) in [4.78, 5) is 0. The van der Waals surface area contributed by atoms with Crippen LogP contribution in [0.4, 0.5) is 0 Å². The van der Waals surface area contributed by atoms with Crippen LogP contribution in [0.3, 0.4) is 0 Å². The molecule has 2 nitrogen and oxygen atoms in total. The van der Waals surface area contributed by atoms with Gasteiger partial charge in [0.25, 0.3) is 0 Å². The fourth-order valence-corrected chi connectivity index (χ4v) is 9.84. The van der Waals surface area contributed by atoms with Gasteiger partial charge in [-0.1, -0.05) is 196 Å². The number of benzene rings is 9. The molecule has 1 heterocycles. The van der Waals surface area contributed by atoms with E-state index in [1.807, 2.05) is 0 Å². The molecule has 2 aliphatic rings. The van der Waals surface area contributed by atoms with Crippen molar-refractivity contribution in [2.45, 2.75) is 31.5 Å². The van der Waals surface area contributed by atoms with Gasteiger partial charge in [0.15, 0.2) is 0 Å². The summed E-state index contributed by atoms with van der Waals surface area (Å²) in [5, 5.41) is 15.6. The van der Waals surface area contributed by atoms with E-state index in [0.717, 1.165) is 5.70 Å². The lowest BCUT2D eigenvalue weighted by atomic mass is 9.78. The van der Waals surface area contributed by atoms with Gasteiger partial charge in [0.05, 0.1) is 6.04 Å². The van der Waals surface area contributed by atoms with Crippen LogP contribution in [0, 0.1) is 0 Å². The summed E-state index contributed by atoms with van der Waals surface area (Å²) < 4.78 is 0. The van der Waals surface area contributed by atoms with Gasteiger partial charge in [-0.25, -0.2) is 0 Å². The van der Waals surface area contributed by atoms with Gasteiger partial charge in [-0.15, -0.1) is 0 Å². The molecule has 0 aromatic heterocycles. The second kappa shape index (κ2) is 13.2. The Morgan fingerprint density at radius 2 is 1.07 bits per heavy atom. The second-order valence-electron chi connectivity index (χ2n) is 16.1. The van der Waals surface area contributed by atoms with E-state index in [1.165, 1.54) is 93.5 Å². The number of nitrogens with one attached hydrogen (secondary N) is 2. The van der Waals surface area contributed by atoms with Crippen LogP contribution in [0.15, 0.2) is 194 Å². The summed E-state index contributed by atoms with van der Waals surface area (Å²) in [6.07, 6.45) is 2.25. The maximum atomic E-state index is 3.99. The van der Waals surface area contributed by atoms with E-state index >= 15 is 0 Å². The number of rotatable bonds is 5. The molecule has 9 aromatic rings. The Kier molecular flexibility index (Phi) is 7.77. The first kappa shape index (κ1) is 33.6. The molecular weight excluding hydrogens is 689 g/mol. The van der Waals surface area contributed by atoms with Crippen LogP contribution in [-0.4, -0.2) is 0 Å². The first-order valence-electron chi connectivity index (χ1n) is 20.1. The third-order valence-corrected chi connectivity index (χ3v) is 12.5. The highest BCUT2D eigenvalue weighted by molar-refractivity contribution is 6.20. The molecule has 0 spiro atoms. The molecule has 2 heteroatoms. The molecule has 0 fully saturated rings. The zero-order chi connectivity index (χ0) is 38.1. The summed E-state index contributed by atoms with van der Waals surface area (Å²) in [6, 6.07) is 69.2. The smallest absolute Gasteiger partial charge is 0.104 e. The maximum absolute atomic E-state index is 3.99. The van der Waals surface area contributed by atoms with Crippen molar-refractivity contribution in [3.8, 4) is 33.4 Å². The minimum absolute atomic E-state index is 0.0117. The summed E-state index contributed by atoms with van der Waals surface area (Å²) in [5.41, 5.74) is 15.1. The molecule has 0 saturated heterocycles. The predicted octanol–water partition coefficient (Wildman–Crippen LogP) is 13.8. The van der Waals surface area contributed by atoms with Gasteiger partial charge in [-0.05, 0) is 100 Å². The Morgan fingerprint density at radius 3 is 1.88 bits per heavy atom. The van der Waals surface area contributed by atoms with Crippen molar-refractivity contribution in [3.63, 3.8) is 0 Å². The first-order chi connectivity index (χ1) is 28.0. The van der Waals surface area contributed by atoms with Gasteiger partial charge in [-0.3, -0.25) is 5.32 Å². The molecule has 2 unspecified atom stereocenters. The van der Waals surface area contributed by atoms with E-state index in [9.17, 15) is 0 Å². The molecule has 0 radical (unpaired) electrons. The first-order valence-corrected chi connectivity index (χ1v) is 20.1. The SMILES string of the molecule is CC1(C)c2ccccc2-c2cccc(-c3ccccc3C3=CC(c4ccccc4)NC(c4ccc(-c5c6ccccc6cc6c5ccc5ccccc56)cc4)N3)c21. The standard InChI is InChI=1S/C55H42N2/c1-55(2)49-26-13-12-22-43(49)47-25-14-24-46(53(47)55)42-21-10-11-23-44(42)51-34-50(36-16-4-3-5-17-36)56-54(57-51)38-29-27-37(28-30-38)52-41-20-9-7-18-39(41)33-48-40-19-8-6-15-35(40)31-32-45(48)52/h3-34,50,54,56-57H,1-2H3. The summed E-state index contributed by atoms with van der Waals surface area (Å²) in [5.74, 6) is 0. The summed E-state index contributed by atoms with van der Waals surface area (Å²) in [6.45, 7) is 4.75. The van der Waals surface area contributed by atoms with Gasteiger partial charge in [0, 0.05) is 16.7 Å². The molecule has 2 atom stereocenters. The van der Waals surface area contributed by atoms with Crippen LogP contribution in [0.1, 0.15) is 53.9 Å². The van der Waals surface area contributed by atoms with Crippen molar-refractivity contribution in [3.05, 3.63) is 222 Å². The van der Waals surface area contributed by atoms with Crippen molar-refractivity contribution in [1.29, 1.82) is 0 Å². The minimum Gasteiger partial charge on any atom is -0.366 e.